The van der Waals surface area contributed by atoms with E-state index in [2.05, 4.69) is 9.88 Å². The van der Waals surface area contributed by atoms with E-state index in [0.29, 0.717) is 11.3 Å². The molecular formula is C22H25FN4OS. The Morgan fingerprint density at radius 1 is 1.14 bits per heavy atom. The summed E-state index contributed by atoms with van der Waals surface area (Å²) >= 11 is 1.53. The predicted octanol–water partition coefficient (Wildman–Crippen LogP) is 4.58. The van der Waals surface area contributed by atoms with Gasteiger partial charge >= 0.3 is 0 Å². The van der Waals surface area contributed by atoms with Gasteiger partial charge in [-0.05, 0) is 51.0 Å². The lowest BCUT2D eigenvalue weighted by molar-refractivity contribution is -0.135. The first-order valence-electron chi connectivity index (χ1n) is 10.2. The van der Waals surface area contributed by atoms with Crippen molar-refractivity contribution in [3.8, 4) is 11.3 Å². The highest BCUT2D eigenvalue weighted by Gasteiger charge is 2.28. The molecule has 1 amide bonds. The number of carbonyl (C=O) groups is 1. The lowest BCUT2D eigenvalue weighted by Gasteiger charge is -2.33. The first kappa shape index (κ1) is 19.8. The van der Waals surface area contributed by atoms with E-state index in [1.54, 1.807) is 12.1 Å². The molecule has 1 fully saturated rings. The Labute approximate surface area is 174 Å². The molecule has 0 atom stereocenters. The summed E-state index contributed by atoms with van der Waals surface area (Å²) in [5.74, 6) is 0.102. The number of thiazole rings is 1. The van der Waals surface area contributed by atoms with E-state index in [9.17, 15) is 9.18 Å². The summed E-state index contributed by atoms with van der Waals surface area (Å²) in [6, 6.07) is 10.4. The Balaban J connectivity index is 1.50. The second-order valence-corrected chi connectivity index (χ2v) is 8.22. The molecule has 0 spiro atoms. The van der Waals surface area contributed by atoms with Crippen molar-refractivity contribution in [1.29, 1.82) is 0 Å². The van der Waals surface area contributed by atoms with Crippen molar-refractivity contribution >= 4 is 32.7 Å². The zero-order chi connectivity index (χ0) is 20.4. The maximum absolute atomic E-state index is 14.1. The monoisotopic (exact) mass is 412 g/mol. The number of amides is 1. The van der Waals surface area contributed by atoms with Crippen LogP contribution in [0.5, 0.6) is 0 Å². The molecule has 1 aromatic carbocycles. The number of benzene rings is 1. The van der Waals surface area contributed by atoms with Crippen molar-refractivity contribution in [2.24, 2.45) is 5.92 Å². The van der Waals surface area contributed by atoms with E-state index in [1.165, 1.54) is 17.4 Å². The van der Waals surface area contributed by atoms with Crippen LogP contribution in [-0.2, 0) is 4.79 Å². The van der Waals surface area contributed by atoms with Crippen molar-refractivity contribution in [2.45, 2.75) is 26.7 Å². The maximum atomic E-state index is 14.1. The molecule has 0 aliphatic carbocycles. The van der Waals surface area contributed by atoms with Crippen LogP contribution < -0.4 is 4.90 Å². The highest BCUT2D eigenvalue weighted by atomic mass is 32.1. The molecule has 0 N–H and O–H groups in total. The molecule has 1 aliphatic rings. The number of fused-ring (bicyclic) bond motifs is 1. The number of anilines is 1. The Morgan fingerprint density at radius 3 is 2.55 bits per heavy atom. The van der Waals surface area contributed by atoms with Gasteiger partial charge in [0.15, 0.2) is 5.13 Å². The molecule has 152 valence electrons. The van der Waals surface area contributed by atoms with Crippen molar-refractivity contribution in [2.75, 3.05) is 31.1 Å². The van der Waals surface area contributed by atoms with Crippen molar-refractivity contribution < 1.29 is 9.18 Å². The van der Waals surface area contributed by atoms with E-state index in [1.807, 2.05) is 36.9 Å². The summed E-state index contributed by atoms with van der Waals surface area (Å²) in [7, 11) is 0. The second kappa shape index (κ2) is 8.45. The number of hydrogen-bond acceptors (Lipinski definition) is 5. The van der Waals surface area contributed by atoms with Crippen molar-refractivity contribution in [1.82, 2.24) is 14.9 Å². The highest BCUT2D eigenvalue weighted by Crippen LogP contribution is 2.33. The van der Waals surface area contributed by atoms with Crippen LogP contribution >= 0.6 is 11.3 Å². The third-order valence-corrected chi connectivity index (χ3v) is 6.61. The average Bonchev–Trinajstić information content (AvgIpc) is 3.18. The van der Waals surface area contributed by atoms with Crippen molar-refractivity contribution in [3.63, 3.8) is 0 Å². The zero-order valence-electron chi connectivity index (χ0n) is 16.8. The largest absolute Gasteiger partial charge is 0.348 e. The normalized spacial score (nSPS) is 15.1. The number of nitrogens with zero attached hydrogens (tertiary/aromatic N) is 4. The van der Waals surface area contributed by atoms with Crippen LogP contribution in [0.1, 0.15) is 26.7 Å². The minimum absolute atomic E-state index is 0.103. The third kappa shape index (κ3) is 3.96. The van der Waals surface area contributed by atoms with E-state index in [4.69, 9.17) is 4.98 Å². The van der Waals surface area contributed by atoms with Crippen LogP contribution in [0.2, 0.25) is 0 Å². The summed E-state index contributed by atoms with van der Waals surface area (Å²) in [6.07, 6.45) is 1.69. The molecule has 0 saturated carbocycles. The van der Waals surface area contributed by atoms with Crippen molar-refractivity contribution in [3.05, 3.63) is 42.2 Å². The van der Waals surface area contributed by atoms with E-state index in [-0.39, 0.29) is 17.6 Å². The second-order valence-electron chi connectivity index (χ2n) is 7.27. The molecule has 0 unspecified atom stereocenters. The number of aromatic nitrogens is 2. The minimum Gasteiger partial charge on any atom is -0.348 e. The molecule has 5 nitrogen and oxygen atoms in total. The van der Waals surface area contributed by atoms with Gasteiger partial charge in [0.25, 0.3) is 0 Å². The molecule has 0 bridgehead atoms. The van der Waals surface area contributed by atoms with Gasteiger partial charge in [-0.15, -0.1) is 0 Å². The Morgan fingerprint density at radius 2 is 1.86 bits per heavy atom. The number of halogens is 1. The SMILES string of the molecule is CCN(CC)C(=O)C1CCN(c2nc3ccc(-c4ccccc4F)nc3s2)CC1. The molecule has 3 aromatic rings. The number of carbonyl (C=O) groups excluding carboxylic acids is 1. The zero-order valence-corrected chi connectivity index (χ0v) is 17.6. The molecule has 1 saturated heterocycles. The molecule has 0 radical (unpaired) electrons. The van der Waals surface area contributed by atoms with E-state index in [0.717, 1.165) is 54.5 Å². The molecule has 29 heavy (non-hydrogen) atoms. The number of hydrogen-bond donors (Lipinski definition) is 0. The molecule has 4 rings (SSSR count). The fourth-order valence-corrected chi connectivity index (χ4v) is 4.86. The molecule has 7 heteroatoms. The summed E-state index contributed by atoms with van der Waals surface area (Å²) in [5.41, 5.74) is 1.95. The van der Waals surface area contributed by atoms with E-state index >= 15 is 0 Å². The van der Waals surface area contributed by atoms with Gasteiger partial charge in [-0.1, -0.05) is 23.5 Å². The Hall–Kier alpha value is -2.54. The van der Waals surface area contributed by atoms with E-state index < -0.39 is 0 Å². The fourth-order valence-electron chi connectivity index (χ4n) is 3.87. The average molecular weight is 413 g/mol. The van der Waals surface area contributed by atoms with Gasteiger partial charge < -0.3 is 9.80 Å². The Kier molecular flexibility index (Phi) is 5.76. The predicted molar refractivity (Wildman–Crippen MR) is 116 cm³/mol. The first-order chi connectivity index (χ1) is 14.1. The number of piperidine rings is 1. The van der Waals surface area contributed by atoms with Gasteiger partial charge in [-0.2, -0.15) is 0 Å². The topological polar surface area (TPSA) is 49.3 Å². The van der Waals surface area contributed by atoms with Gasteiger partial charge in [0.2, 0.25) is 5.91 Å². The molecule has 2 aromatic heterocycles. The lowest BCUT2D eigenvalue weighted by Crippen LogP contribution is -2.42. The molecular weight excluding hydrogens is 387 g/mol. The maximum Gasteiger partial charge on any atom is 0.225 e. The van der Waals surface area contributed by atoms with Crippen LogP contribution in [0.3, 0.4) is 0 Å². The lowest BCUT2D eigenvalue weighted by atomic mass is 9.95. The Bertz CT molecular complexity index is 1010. The van der Waals surface area contributed by atoms with Gasteiger partial charge in [-0.3, -0.25) is 4.79 Å². The smallest absolute Gasteiger partial charge is 0.225 e. The minimum atomic E-state index is -0.274. The number of pyridine rings is 1. The summed E-state index contributed by atoms with van der Waals surface area (Å²) in [5, 5.41) is 0.923. The van der Waals surface area contributed by atoms with Gasteiger partial charge in [0, 0.05) is 37.7 Å². The van der Waals surface area contributed by atoms with Gasteiger partial charge in [0.1, 0.15) is 16.2 Å². The van der Waals surface area contributed by atoms with Crippen LogP contribution in [0, 0.1) is 11.7 Å². The summed E-state index contributed by atoms with van der Waals surface area (Å²) < 4.78 is 14.1. The third-order valence-electron chi connectivity index (χ3n) is 5.58. The highest BCUT2D eigenvalue weighted by molar-refractivity contribution is 7.21. The summed E-state index contributed by atoms with van der Waals surface area (Å²) in [6.45, 7) is 7.22. The first-order valence-corrected chi connectivity index (χ1v) is 11.0. The molecule has 1 aliphatic heterocycles. The molecule has 3 heterocycles. The van der Waals surface area contributed by atoms with Crippen LogP contribution in [0.4, 0.5) is 9.52 Å². The van der Waals surface area contributed by atoms with Crippen LogP contribution in [0.25, 0.3) is 21.6 Å². The van der Waals surface area contributed by atoms with Gasteiger partial charge in [0.05, 0.1) is 5.69 Å². The summed E-state index contributed by atoms with van der Waals surface area (Å²) in [4.78, 5) is 26.9. The number of rotatable bonds is 5. The van der Waals surface area contributed by atoms with Gasteiger partial charge in [-0.25, -0.2) is 14.4 Å². The quantitative estimate of drug-likeness (QED) is 0.615. The fraction of sp³-hybridized carbons (Fsp3) is 0.409. The van der Waals surface area contributed by atoms with Crippen LogP contribution in [0.15, 0.2) is 36.4 Å². The standard InChI is InChI=1S/C22H25FN4OS/c1-3-26(4-2)21(28)15-11-13-27(14-12-15)22-25-19-10-9-18(24-20(19)29-22)16-7-5-6-8-17(16)23/h5-10,15H,3-4,11-14H2,1-2H3. The van der Waals surface area contributed by atoms with Crippen LogP contribution in [-0.4, -0.2) is 47.0 Å².